The van der Waals surface area contributed by atoms with Crippen LogP contribution in [0, 0.1) is 6.92 Å². The summed E-state index contributed by atoms with van der Waals surface area (Å²) in [4.78, 5) is 14.7. The molecular formula is C19H21N3O2. The minimum absolute atomic E-state index is 0.0354. The van der Waals surface area contributed by atoms with Gasteiger partial charge in [0.2, 0.25) is 0 Å². The van der Waals surface area contributed by atoms with E-state index in [1.54, 1.807) is 21.9 Å². The largest absolute Gasteiger partial charge is 0.463 e. The van der Waals surface area contributed by atoms with Gasteiger partial charge < -0.3 is 9.32 Å². The van der Waals surface area contributed by atoms with Crippen molar-refractivity contribution in [2.75, 3.05) is 13.1 Å². The predicted octanol–water partition coefficient (Wildman–Crippen LogP) is 3.92. The van der Waals surface area contributed by atoms with Gasteiger partial charge in [-0.25, -0.2) is 4.68 Å². The lowest BCUT2D eigenvalue weighted by Crippen LogP contribution is -2.32. The van der Waals surface area contributed by atoms with Gasteiger partial charge in [-0.2, -0.15) is 5.10 Å². The second-order valence-corrected chi connectivity index (χ2v) is 5.62. The molecule has 3 aromatic rings. The monoisotopic (exact) mass is 323 g/mol. The summed E-state index contributed by atoms with van der Waals surface area (Å²) < 4.78 is 7.14. The average molecular weight is 323 g/mol. The molecule has 0 saturated heterocycles. The van der Waals surface area contributed by atoms with Crippen LogP contribution < -0.4 is 0 Å². The Kier molecular flexibility index (Phi) is 4.51. The van der Waals surface area contributed by atoms with Crippen LogP contribution in [-0.2, 0) is 0 Å². The fourth-order valence-electron chi connectivity index (χ4n) is 2.71. The molecule has 0 bridgehead atoms. The molecule has 0 unspecified atom stereocenters. The Labute approximate surface area is 141 Å². The third-order valence-electron chi connectivity index (χ3n) is 4.00. The lowest BCUT2D eigenvalue weighted by atomic mass is 10.2. The van der Waals surface area contributed by atoms with Crippen LogP contribution in [0.4, 0.5) is 0 Å². The second kappa shape index (κ2) is 6.74. The van der Waals surface area contributed by atoms with Gasteiger partial charge in [-0.1, -0.05) is 12.1 Å². The number of nitrogens with zero attached hydrogens (tertiary/aromatic N) is 3. The zero-order chi connectivity index (χ0) is 17.1. The van der Waals surface area contributed by atoms with Crippen molar-refractivity contribution in [3.05, 3.63) is 60.0 Å². The van der Waals surface area contributed by atoms with E-state index in [0.29, 0.717) is 30.2 Å². The Hall–Kier alpha value is -2.82. The molecule has 24 heavy (non-hydrogen) atoms. The number of amides is 1. The van der Waals surface area contributed by atoms with E-state index in [9.17, 15) is 4.79 Å². The van der Waals surface area contributed by atoms with Gasteiger partial charge in [0, 0.05) is 19.2 Å². The highest BCUT2D eigenvalue weighted by atomic mass is 16.3. The van der Waals surface area contributed by atoms with Gasteiger partial charge in [0.25, 0.3) is 5.91 Å². The Bertz CT molecular complexity index is 830. The smallest absolute Gasteiger partial charge is 0.272 e. The van der Waals surface area contributed by atoms with Gasteiger partial charge >= 0.3 is 0 Å². The molecule has 0 N–H and O–H groups in total. The molecule has 0 fully saturated rings. The first kappa shape index (κ1) is 16.1. The fourth-order valence-corrected chi connectivity index (χ4v) is 2.71. The first-order valence-electron chi connectivity index (χ1n) is 8.14. The van der Waals surface area contributed by atoms with Crippen LogP contribution in [0.2, 0.25) is 0 Å². The Morgan fingerprint density at radius 2 is 1.96 bits per heavy atom. The van der Waals surface area contributed by atoms with Gasteiger partial charge in [0.15, 0.2) is 5.76 Å². The van der Waals surface area contributed by atoms with Crippen LogP contribution in [0.3, 0.4) is 0 Å². The van der Waals surface area contributed by atoms with Crippen molar-refractivity contribution in [3.63, 3.8) is 0 Å². The third-order valence-corrected chi connectivity index (χ3v) is 4.00. The number of carbonyl (C=O) groups is 1. The van der Waals surface area contributed by atoms with Crippen molar-refractivity contribution in [2.24, 2.45) is 0 Å². The van der Waals surface area contributed by atoms with Gasteiger partial charge in [-0.05, 0) is 50.6 Å². The summed E-state index contributed by atoms with van der Waals surface area (Å²) in [5.41, 5.74) is 3.17. The zero-order valence-corrected chi connectivity index (χ0v) is 14.2. The molecule has 0 saturated carbocycles. The highest BCUT2D eigenvalue weighted by molar-refractivity contribution is 5.94. The molecule has 0 aliphatic rings. The molecule has 3 rings (SSSR count). The van der Waals surface area contributed by atoms with E-state index >= 15 is 0 Å². The van der Waals surface area contributed by atoms with Crippen LogP contribution >= 0.6 is 0 Å². The highest BCUT2D eigenvalue weighted by Crippen LogP contribution is 2.23. The van der Waals surface area contributed by atoms with Crippen LogP contribution in [0.1, 0.15) is 29.9 Å². The van der Waals surface area contributed by atoms with Crippen molar-refractivity contribution in [2.45, 2.75) is 20.8 Å². The van der Waals surface area contributed by atoms with Crippen molar-refractivity contribution < 1.29 is 9.21 Å². The summed E-state index contributed by atoms with van der Waals surface area (Å²) >= 11 is 0. The lowest BCUT2D eigenvalue weighted by molar-refractivity contribution is 0.0764. The van der Waals surface area contributed by atoms with Gasteiger partial charge in [0.1, 0.15) is 11.4 Å². The zero-order valence-electron chi connectivity index (χ0n) is 14.2. The van der Waals surface area contributed by atoms with Gasteiger partial charge in [-0.15, -0.1) is 0 Å². The van der Waals surface area contributed by atoms with Crippen molar-refractivity contribution in [1.29, 1.82) is 0 Å². The maximum atomic E-state index is 12.9. The van der Waals surface area contributed by atoms with E-state index < -0.39 is 0 Å². The number of carbonyl (C=O) groups excluding carboxylic acids is 1. The van der Waals surface area contributed by atoms with Gasteiger partial charge in [-0.3, -0.25) is 4.79 Å². The fraction of sp³-hybridized carbons (Fsp3) is 0.263. The molecule has 2 aromatic heterocycles. The molecule has 0 aliphatic heterocycles. The quantitative estimate of drug-likeness (QED) is 0.715. The molecule has 5 nitrogen and oxygen atoms in total. The Balaban J connectivity index is 2.13. The van der Waals surface area contributed by atoms with Crippen molar-refractivity contribution in [1.82, 2.24) is 14.7 Å². The summed E-state index contributed by atoms with van der Waals surface area (Å²) in [5, 5.41) is 4.61. The SMILES string of the molecule is CCN(CC)C(=O)c1cc(-c2ccco2)nn1-c1cccc(C)c1. The molecule has 1 aromatic carbocycles. The van der Waals surface area contributed by atoms with Gasteiger partial charge in [0.05, 0.1) is 12.0 Å². The molecule has 0 spiro atoms. The Morgan fingerprint density at radius 1 is 1.17 bits per heavy atom. The highest BCUT2D eigenvalue weighted by Gasteiger charge is 2.22. The first-order chi connectivity index (χ1) is 11.6. The van der Waals surface area contributed by atoms with Crippen LogP contribution in [-0.4, -0.2) is 33.7 Å². The van der Waals surface area contributed by atoms with E-state index in [1.807, 2.05) is 57.2 Å². The van der Waals surface area contributed by atoms with E-state index in [4.69, 9.17) is 4.42 Å². The molecule has 5 heteroatoms. The number of aryl methyl sites for hydroxylation is 1. The number of rotatable bonds is 5. The van der Waals surface area contributed by atoms with Crippen LogP contribution in [0.25, 0.3) is 17.1 Å². The molecule has 2 heterocycles. The van der Waals surface area contributed by atoms with E-state index in [0.717, 1.165) is 11.3 Å². The summed E-state index contributed by atoms with van der Waals surface area (Å²) in [7, 11) is 0. The van der Waals surface area contributed by atoms with Crippen LogP contribution in [0.15, 0.2) is 53.1 Å². The van der Waals surface area contributed by atoms with E-state index in [-0.39, 0.29) is 5.91 Å². The molecule has 0 radical (unpaired) electrons. The van der Waals surface area contributed by atoms with Crippen LogP contribution in [0.5, 0.6) is 0 Å². The number of hydrogen-bond donors (Lipinski definition) is 0. The minimum Gasteiger partial charge on any atom is -0.463 e. The maximum Gasteiger partial charge on any atom is 0.272 e. The summed E-state index contributed by atoms with van der Waals surface area (Å²) in [6.07, 6.45) is 1.60. The predicted molar refractivity (Wildman–Crippen MR) is 93.3 cm³/mol. The molecule has 0 atom stereocenters. The molecule has 0 aliphatic carbocycles. The normalized spacial score (nSPS) is 10.8. The second-order valence-electron chi connectivity index (χ2n) is 5.62. The number of hydrogen-bond acceptors (Lipinski definition) is 3. The summed E-state index contributed by atoms with van der Waals surface area (Å²) in [5.74, 6) is 0.613. The first-order valence-corrected chi connectivity index (χ1v) is 8.14. The van der Waals surface area contributed by atoms with E-state index in [1.165, 1.54) is 0 Å². The average Bonchev–Trinajstić information content (AvgIpc) is 3.25. The van der Waals surface area contributed by atoms with Crippen molar-refractivity contribution in [3.8, 4) is 17.1 Å². The summed E-state index contributed by atoms with van der Waals surface area (Å²) in [6, 6.07) is 13.4. The lowest BCUT2D eigenvalue weighted by Gasteiger charge is -2.19. The Morgan fingerprint density at radius 3 is 2.58 bits per heavy atom. The maximum absolute atomic E-state index is 12.9. The standard InChI is InChI=1S/C19H21N3O2/c1-4-21(5-2)19(23)17-13-16(18-10-7-11-24-18)20-22(17)15-9-6-8-14(3)12-15/h6-13H,4-5H2,1-3H3. The number of aromatic nitrogens is 2. The molecule has 1 amide bonds. The summed E-state index contributed by atoms with van der Waals surface area (Å²) in [6.45, 7) is 7.28. The molecule has 124 valence electrons. The minimum atomic E-state index is -0.0354. The third kappa shape index (κ3) is 2.97. The number of furan rings is 1. The molecular weight excluding hydrogens is 302 g/mol. The van der Waals surface area contributed by atoms with E-state index in [2.05, 4.69) is 5.10 Å². The number of benzene rings is 1. The topological polar surface area (TPSA) is 51.3 Å². The van der Waals surface area contributed by atoms with Crippen molar-refractivity contribution >= 4 is 5.91 Å².